The van der Waals surface area contributed by atoms with Gasteiger partial charge in [-0.15, -0.1) is 11.3 Å². The van der Waals surface area contributed by atoms with Gasteiger partial charge in [0.1, 0.15) is 17.6 Å². The van der Waals surface area contributed by atoms with Gasteiger partial charge in [0.25, 0.3) is 5.91 Å². The molecule has 2 saturated heterocycles. The van der Waals surface area contributed by atoms with E-state index in [1.54, 1.807) is 32.2 Å². The molecule has 1 aromatic heterocycles. The molecule has 0 bridgehead atoms. The molecule has 4 rings (SSSR count). The van der Waals surface area contributed by atoms with Gasteiger partial charge in [-0.1, -0.05) is 0 Å². The van der Waals surface area contributed by atoms with E-state index in [4.69, 9.17) is 0 Å². The quantitative estimate of drug-likeness (QED) is 0.781. The number of aromatic nitrogens is 1. The average Bonchev–Trinajstić information content (AvgIpc) is 3.44. The van der Waals surface area contributed by atoms with Crippen molar-refractivity contribution >= 4 is 39.9 Å². The minimum atomic E-state index is -0.494. The van der Waals surface area contributed by atoms with Gasteiger partial charge in [0.15, 0.2) is 5.13 Å². The number of carbonyl (C=O) groups excluding carboxylic acids is 3. The van der Waals surface area contributed by atoms with E-state index in [0.29, 0.717) is 50.0 Å². The third kappa shape index (κ3) is 4.68. The van der Waals surface area contributed by atoms with Gasteiger partial charge in [0, 0.05) is 50.7 Å². The molecule has 0 unspecified atom stereocenters. The Balaban J connectivity index is 1.40. The highest BCUT2D eigenvalue weighted by atomic mass is 32.1. The smallest absolute Gasteiger partial charge is 0.274 e. The number of nitrogens with zero attached hydrogens (tertiary/aromatic N) is 4. The lowest BCUT2D eigenvalue weighted by Crippen LogP contribution is -2.55. The Morgan fingerprint density at radius 3 is 2.42 bits per heavy atom. The molecule has 8 nitrogen and oxygen atoms in total. The second-order valence-electron chi connectivity index (χ2n) is 7.66. The summed E-state index contributed by atoms with van der Waals surface area (Å²) in [6, 6.07) is 5.39. The number of carbonyl (C=O) groups is 3. The van der Waals surface area contributed by atoms with Crippen molar-refractivity contribution in [2.24, 2.45) is 0 Å². The van der Waals surface area contributed by atoms with E-state index in [1.165, 1.54) is 30.4 Å². The van der Waals surface area contributed by atoms with Gasteiger partial charge in [0.05, 0.1) is 0 Å². The lowest BCUT2D eigenvalue weighted by Gasteiger charge is -2.36. The van der Waals surface area contributed by atoms with Crippen molar-refractivity contribution in [1.82, 2.24) is 19.7 Å². The molecule has 0 radical (unpaired) electrons. The summed E-state index contributed by atoms with van der Waals surface area (Å²) in [7, 11) is 0. The number of amides is 3. The van der Waals surface area contributed by atoms with Crippen LogP contribution < -0.4 is 5.32 Å². The zero-order valence-electron chi connectivity index (χ0n) is 17.2. The van der Waals surface area contributed by atoms with Crippen LogP contribution in [0.15, 0.2) is 29.6 Å². The minimum Gasteiger partial charge on any atom is -0.339 e. The molecule has 1 atom stereocenters. The van der Waals surface area contributed by atoms with E-state index >= 15 is 0 Å². The van der Waals surface area contributed by atoms with Crippen molar-refractivity contribution in [1.29, 1.82) is 0 Å². The van der Waals surface area contributed by atoms with Crippen molar-refractivity contribution in [3.05, 3.63) is 41.2 Å². The summed E-state index contributed by atoms with van der Waals surface area (Å²) in [6.07, 6.45) is 1.39. The van der Waals surface area contributed by atoms with Gasteiger partial charge >= 0.3 is 0 Å². The number of likely N-dealkylation sites (tertiary alicyclic amines) is 1. The normalized spacial score (nSPS) is 18.9. The van der Waals surface area contributed by atoms with Crippen LogP contribution in [-0.2, 0) is 9.59 Å². The highest BCUT2D eigenvalue weighted by Crippen LogP contribution is 2.26. The van der Waals surface area contributed by atoms with Crippen LogP contribution in [0, 0.1) is 5.82 Å². The highest BCUT2D eigenvalue weighted by molar-refractivity contribution is 7.14. The second-order valence-corrected chi connectivity index (χ2v) is 8.52. The van der Waals surface area contributed by atoms with Gasteiger partial charge in [0.2, 0.25) is 11.8 Å². The zero-order valence-corrected chi connectivity index (χ0v) is 18.0. The summed E-state index contributed by atoms with van der Waals surface area (Å²) >= 11 is 1.28. The van der Waals surface area contributed by atoms with Gasteiger partial charge in [-0.3, -0.25) is 14.4 Å². The average molecular weight is 446 g/mol. The fourth-order valence-electron chi connectivity index (χ4n) is 3.95. The molecule has 3 amide bonds. The largest absolute Gasteiger partial charge is 0.339 e. The predicted molar refractivity (Wildman–Crippen MR) is 115 cm³/mol. The fraction of sp³-hybridized carbons (Fsp3) is 0.429. The van der Waals surface area contributed by atoms with E-state index in [-0.39, 0.29) is 29.2 Å². The third-order valence-corrected chi connectivity index (χ3v) is 6.41. The molecule has 2 fully saturated rings. The maximum Gasteiger partial charge on any atom is 0.274 e. The van der Waals surface area contributed by atoms with Gasteiger partial charge in [-0.25, -0.2) is 9.37 Å². The van der Waals surface area contributed by atoms with E-state index < -0.39 is 6.04 Å². The number of rotatable bonds is 4. The Hall–Kier alpha value is -3.01. The number of thiazole rings is 1. The van der Waals surface area contributed by atoms with E-state index in [2.05, 4.69) is 10.3 Å². The van der Waals surface area contributed by atoms with Crippen molar-refractivity contribution in [3.63, 3.8) is 0 Å². The summed E-state index contributed by atoms with van der Waals surface area (Å²) in [5.41, 5.74) is 0.962. The summed E-state index contributed by atoms with van der Waals surface area (Å²) in [5.74, 6) is -0.637. The fourth-order valence-corrected chi connectivity index (χ4v) is 4.66. The number of benzene rings is 1. The minimum absolute atomic E-state index is 0.0124. The highest BCUT2D eigenvalue weighted by Gasteiger charge is 2.38. The molecule has 2 aliphatic heterocycles. The van der Waals surface area contributed by atoms with Gasteiger partial charge in [-0.05, 0) is 37.1 Å². The molecule has 0 saturated carbocycles. The van der Waals surface area contributed by atoms with Crippen molar-refractivity contribution in [2.45, 2.75) is 25.8 Å². The lowest BCUT2D eigenvalue weighted by atomic mass is 10.1. The Labute approximate surface area is 183 Å². The predicted octanol–water partition coefficient (Wildman–Crippen LogP) is 2.32. The van der Waals surface area contributed by atoms with Crippen LogP contribution in [0.5, 0.6) is 0 Å². The lowest BCUT2D eigenvalue weighted by molar-refractivity contribution is -0.141. The first-order chi connectivity index (χ1) is 14.9. The number of nitrogens with one attached hydrogen (secondary N) is 1. The molecule has 0 aliphatic carbocycles. The maximum absolute atomic E-state index is 13.1. The molecule has 0 spiro atoms. The summed E-state index contributed by atoms with van der Waals surface area (Å²) in [5, 5.41) is 5.25. The molecule has 3 heterocycles. The summed E-state index contributed by atoms with van der Waals surface area (Å²) < 4.78 is 13.1. The standard InChI is InChI=1S/C21H24FN5O3S/c1-14(28)25-9-11-26(12-10-25)20(30)18-3-2-8-27(18)19(29)17-13-31-21(24-17)23-16-6-4-15(22)5-7-16/h4-7,13,18H,2-3,8-12H2,1H3,(H,23,24)/t18-/m0/s1. The number of hydrogen-bond acceptors (Lipinski definition) is 6. The van der Waals surface area contributed by atoms with Gasteiger partial charge in [-0.2, -0.15) is 0 Å². The molecular weight excluding hydrogens is 421 g/mol. The van der Waals surface area contributed by atoms with Crippen LogP contribution in [-0.4, -0.2) is 76.2 Å². The third-order valence-electron chi connectivity index (χ3n) is 5.65. The molecular formula is C21H24FN5O3S. The zero-order chi connectivity index (χ0) is 22.0. The number of anilines is 2. The molecule has 2 aliphatic rings. The molecule has 164 valence electrons. The van der Waals surface area contributed by atoms with Gasteiger partial charge < -0.3 is 20.0 Å². The number of piperazine rings is 1. The Morgan fingerprint density at radius 1 is 1.06 bits per heavy atom. The van der Waals surface area contributed by atoms with E-state index in [9.17, 15) is 18.8 Å². The van der Waals surface area contributed by atoms with Crippen LogP contribution in [0.4, 0.5) is 15.2 Å². The molecule has 1 N–H and O–H groups in total. The molecule has 10 heteroatoms. The topological polar surface area (TPSA) is 85.9 Å². The van der Waals surface area contributed by atoms with Crippen LogP contribution in [0.1, 0.15) is 30.3 Å². The first kappa shape index (κ1) is 21.2. The maximum atomic E-state index is 13.1. The van der Waals surface area contributed by atoms with Crippen molar-refractivity contribution in [2.75, 3.05) is 38.0 Å². The Kier molecular flexibility index (Phi) is 6.17. The first-order valence-corrected chi connectivity index (χ1v) is 11.1. The van der Waals surface area contributed by atoms with Crippen LogP contribution in [0.25, 0.3) is 0 Å². The van der Waals surface area contributed by atoms with Crippen LogP contribution >= 0.6 is 11.3 Å². The number of hydrogen-bond donors (Lipinski definition) is 1. The first-order valence-electron chi connectivity index (χ1n) is 10.3. The van der Waals surface area contributed by atoms with Crippen molar-refractivity contribution in [3.8, 4) is 0 Å². The SMILES string of the molecule is CC(=O)N1CCN(C(=O)[C@@H]2CCCN2C(=O)c2csc(Nc3ccc(F)cc3)n2)CC1. The second kappa shape index (κ2) is 9.01. The summed E-state index contributed by atoms with van der Waals surface area (Å²) in [4.78, 5) is 47.1. The van der Waals surface area contributed by atoms with Crippen molar-refractivity contribution < 1.29 is 18.8 Å². The van der Waals surface area contributed by atoms with Crippen LogP contribution in [0.2, 0.25) is 0 Å². The number of halogens is 1. The Morgan fingerprint density at radius 2 is 1.74 bits per heavy atom. The summed E-state index contributed by atoms with van der Waals surface area (Å²) in [6.45, 7) is 4.06. The van der Waals surface area contributed by atoms with E-state index in [1.807, 2.05) is 0 Å². The molecule has 1 aromatic carbocycles. The molecule has 31 heavy (non-hydrogen) atoms. The van der Waals surface area contributed by atoms with Crippen LogP contribution in [0.3, 0.4) is 0 Å². The molecule has 2 aromatic rings. The monoisotopic (exact) mass is 445 g/mol. The Bertz CT molecular complexity index is 972. The van der Waals surface area contributed by atoms with E-state index in [0.717, 1.165) is 6.42 Å².